The summed E-state index contributed by atoms with van der Waals surface area (Å²) >= 11 is 3.48. The zero-order valence-electron chi connectivity index (χ0n) is 11.0. The molecular weight excluding hydrogens is 294 g/mol. The highest BCUT2D eigenvalue weighted by Gasteiger charge is 2.16. The first-order chi connectivity index (χ1) is 8.65. The van der Waals surface area contributed by atoms with Gasteiger partial charge in [0.25, 0.3) is 0 Å². The molecule has 2 heterocycles. The number of aromatic nitrogens is 4. The second-order valence-corrected chi connectivity index (χ2v) is 5.33. The summed E-state index contributed by atoms with van der Waals surface area (Å²) in [4.78, 5) is 11.0. The molecule has 98 valence electrons. The summed E-state index contributed by atoms with van der Waals surface area (Å²) in [5, 5.41) is 6.27. The van der Waals surface area contributed by atoms with Crippen LogP contribution in [-0.4, -0.2) is 37.7 Å². The van der Waals surface area contributed by atoms with E-state index >= 15 is 0 Å². The molecular formula is C12H18BrN5. The van der Waals surface area contributed by atoms with E-state index in [4.69, 9.17) is 0 Å². The van der Waals surface area contributed by atoms with E-state index in [0.29, 0.717) is 6.04 Å². The zero-order chi connectivity index (χ0) is 13.1. The Kier molecular flexibility index (Phi) is 4.16. The highest BCUT2D eigenvalue weighted by atomic mass is 79.9. The molecule has 0 amide bonds. The van der Waals surface area contributed by atoms with Gasteiger partial charge >= 0.3 is 0 Å². The molecule has 0 saturated heterocycles. The van der Waals surface area contributed by atoms with Gasteiger partial charge in [0.15, 0.2) is 5.65 Å². The van der Waals surface area contributed by atoms with Crippen molar-refractivity contribution < 1.29 is 0 Å². The van der Waals surface area contributed by atoms with E-state index in [1.807, 2.05) is 13.2 Å². The molecule has 5 nitrogen and oxygen atoms in total. The van der Waals surface area contributed by atoms with Crippen molar-refractivity contribution in [2.24, 2.45) is 7.05 Å². The Bertz CT molecular complexity index is 522. The minimum absolute atomic E-state index is 0.405. The van der Waals surface area contributed by atoms with E-state index in [0.717, 1.165) is 35.1 Å². The van der Waals surface area contributed by atoms with Crippen molar-refractivity contribution >= 4 is 32.8 Å². The van der Waals surface area contributed by atoms with Crippen LogP contribution in [0.3, 0.4) is 0 Å². The molecule has 2 aromatic heterocycles. The molecule has 0 aliphatic rings. The van der Waals surface area contributed by atoms with Gasteiger partial charge in [0.2, 0.25) is 0 Å². The molecule has 0 unspecified atom stereocenters. The maximum Gasteiger partial charge on any atom is 0.163 e. The molecule has 0 bridgehead atoms. The summed E-state index contributed by atoms with van der Waals surface area (Å²) in [5.74, 6) is 0.976. The molecule has 0 spiro atoms. The monoisotopic (exact) mass is 311 g/mol. The largest absolute Gasteiger partial charge is 0.353 e. The van der Waals surface area contributed by atoms with E-state index in [1.165, 1.54) is 0 Å². The highest BCUT2D eigenvalue weighted by Crippen LogP contribution is 2.24. The first-order valence-electron chi connectivity index (χ1n) is 6.10. The molecule has 6 heteroatoms. The quantitative estimate of drug-likeness (QED) is 0.795. The number of anilines is 1. The van der Waals surface area contributed by atoms with Crippen LogP contribution in [0.1, 0.15) is 20.3 Å². The summed E-state index contributed by atoms with van der Waals surface area (Å²) in [6, 6.07) is 0.405. The lowest BCUT2D eigenvalue weighted by Crippen LogP contribution is -2.32. The second kappa shape index (κ2) is 5.65. The van der Waals surface area contributed by atoms with Gasteiger partial charge in [-0.1, -0.05) is 15.9 Å². The Balaban J connectivity index is 2.43. The Labute approximate surface area is 115 Å². The average molecular weight is 312 g/mol. The molecule has 0 atom stereocenters. The summed E-state index contributed by atoms with van der Waals surface area (Å²) in [5.41, 5.74) is 0.879. The first kappa shape index (κ1) is 13.3. The van der Waals surface area contributed by atoms with E-state index in [-0.39, 0.29) is 0 Å². The number of hydrogen-bond acceptors (Lipinski definition) is 4. The lowest BCUT2D eigenvalue weighted by Gasteiger charge is -2.27. The van der Waals surface area contributed by atoms with Crippen LogP contribution in [0.15, 0.2) is 12.5 Å². The summed E-state index contributed by atoms with van der Waals surface area (Å²) in [6.07, 6.45) is 4.54. The number of fused-ring (bicyclic) bond motifs is 1. The maximum absolute atomic E-state index is 4.44. The van der Waals surface area contributed by atoms with Gasteiger partial charge in [-0.3, -0.25) is 4.68 Å². The van der Waals surface area contributed by atoms with Gasteiger partial charge in [-0.05, 0) is 20.3 Å². The van der Waals surface area contributed by atoms with Crippen molar-refractivity contribution in [3.8, 4) is 0 Å². The van der Waals surface area contributed by atoms with Crippen molar-refractivity contribution in [3.63, 3.8) is 0 Å². The third kappa shape index (κ3) is 2.48. The van der Waals surface area contributed by atoms with Crippen molar-refractivity contribution in [1.82, 2.24) is 19.7 Å². The van der Waals surface area contributed by atoms with Crippen LogP contribution in [0, 0.1) is 0 Å². The Morgan fingerprint density at radius 2 is 2.17 bits per heavy atom. The summed E-state index contributed by atoms with van der Waals surface area (Å²) in [7, 11) is 1.90. The topological polar surface area (TPSA) is 46.8 Å². The van der Waals surface area contributed by atoms with Crippen LogP contribution in [0.25, 0.3) is 11.0 Å². The predicted octanol–water partition coefficient (Wildman–Crippen LogP) is 2.36. The molecule has 0 N–H and O–H groups in total. The highest BCUT2D eigenvalue weighted by molar-refractivity contribution is 9.09. The van der Waals surface area contributed by atoms with Gasteiger partial charge in [-0.25, -0.2) is 9.97 Å². The fourth-order valence-corrected chi connectivity index (χ4v) is 2.27. The molecule has 2 aromatic rings. The third-order valence-electron chi connectivity index (χ3n) is 2.94. The van der Waals surface area contributed by atoms with Crippen molar-refractivity contribution in [2.75, 3.05) is 16.8 Å². The maximum atomic E-state index is 4.44. The van der Waals surface area contributed by atoms with Gasteiger partial charge in [-0.15, -0.1) is 0 Å². The molecule has 0 aromatic carbocycles. The lowest BCUT2D eigenvalue weighted by molar-refractivity contribution is 0.667. The molecule has 0 saturated carbocycles. The zero-order valence-corrected chi connectivity index (χ0v) is 12.6. The van der Waals surface area contributed by atoms with Gasteiger partial charge in [0, 0.05) is 25.0 Å². The number of aryl methyl sites for hydroxylation is 1. The average Bonchev–Trinajstić information content (AvgIpc) is 2.72. The van der Waals surface area contributed by atoms with E-state index in [2.05, 4.69) is 49.7 Å². The van der Waals surface area contributed by atoms with Crippen molar-refractivity contribution in [2.45, 2.75) is 26.3 Å². The summed E-state index contributed by atoms with van der Waals surface area (Å²) in [6.45, 7) is 5.33. The Hall–Kier alpha value is -1.17. The van der Waals surface area contributed by atoms with E-state index in [1.54, 1.807) is 11.0 Å². The molecule has 0 fully saturated rings. The Morgan fingerprint density at radius 3 is 2.83 bits per heavy atom. The predicted molar refractivity (Wildman–Crippen MR) is 77.2 cm³/mol. The van der Waals surface area contributed by atoms with E-state index in [9.17, 15) is 0 Å². The standard InChI is InChI=1S/C12H18BrN5/c1-9(2)18(6-4-5-13)12-10-7-16-17(3)11(10)14-8-15-12/h7-9H,4-6H2,1-3H3. The van der Waals surface area contributed by atoms with Crippen LogP contribution in [0.5, 0.6) is 0 Å². The van der Waals surface area contributed by atoms with Gasteiger partial charge in [0.05, 0.1) is 11.6 Å². The number of rotatable bonds is 5. The van der Waals surface area contributed by atoms with Gasteiger partial charge in [-0.2, -0.15) is 5.10 Å². The van der Waals surface area contributed by atoms with Crippen LogP contribution in [-0.2, 0) is 7.05 Å². The fourth-order valence-electron chi connectivity index (χ4n) is 2.02. The van der Waals surface area contributed by atoms with Gasteiger partial charge < -0.3 is 4.90 Å². The lowest BCUT2D eigenvalue weighted by atomic mass is 10.2. The summed E-state index contributed by atoms with van der Waals surface area (Å²) < 4.78 is 1.78. The molecule has 2 rings (SSSR count). The fraction of sp³-hybridized carbons (Fsp3) is 0.583. The van der Waals surface area contributed by atoms with Crippen molar-refractivity contribution in [1.29, 1.82) is 0 Å². The normalized spacial score (nSPS) is 11.4. The van der Waals surface area contributed by atoms with Crippen LogP contribution >= 0.6 is 15.9 Å². The van der Waals surface area contributed by atoms with Gasteiger partial charge in [0.1, 0.15) is 12.1 Å². The minimum Gasteiger partial charge on any atom is -0.353 e. The molecule has 0 radical (unpaired) electrons. The molecule has 0 aliphatic heterocycles. The smallest absolute Gasteiger partial charge is 0.163 e. The minimum atomic E-state index is 0.405. The number of nitrogens with zero attached hydrogens (tertiary/aromatic N) is 5. The van der Waals surface area contributed by atoms with Crippen LogP contribution < -0.4 is 4.90 Å². The van der Waals surface area contributed by atoms with E-state index < -0.39 is 0 Å². The molecule has 0 aliphatic carbocycles. The van der Waals surface area contributed by atoms with Crippen LogP contribution in [0.2, 0.25) is 0 Å². The third-order valence-corrected chi connectivity index (χ3v) is 3.50. The number of alkyl halides is 1. The Morgan fingerprint density at radius 1 is 1.39 bits per heavy atom. The SMILES string of the molecule is CC(C)N(CCCBr)c1ncnc2c1cnn2C. The van der Waals surface area contributed by atoms with Crippen molar-refractivity contribution in [3.05, 3.63) is 12.5 Å². The second-order valence-electron chi connectivity index (χ2n) is 4.53. The number of halogens is 1. The number of hydrogen-bond donors (Lipinski definition) is 0. The first-order valence-corrected chi connectivity index (χ1v) is 7.22. The van der Waals surface area contributed by atoms with Crippen LogP contribution in [0.4, 0.5) is 5.82 Å². The molecule has 18 heavy (non-hydrogen) atoms.